The molecular weight excluding hydrogens is 314 g/mol. The number of hydrogen-bond acceptors (Lipinski definition) is 4. The molecule has 1 fully saturated rings. The van der Waals surface area contributed by atoms with E-state index in [9.17, 15) is 4.79 Å². The van der Waals surface area contributed by atoms with Crippen LogP contribution in [-0.4, -0.2) is 43.6 Å². The molecule has 128 valence electrons. The van der Waals surface area contributed by atoms with Crippen LogP contribution in [-0.2, 0) is 4.79 Å². The third kappa shape index (κ3) is 7.68. The van der Waals surface area contributed by atoms with E-state index in [1.165, 1.54) is 38.8 Å². The fourth-order valence-electron chi connectivity index (χ4n) is 2.63. The third-order valence-electron chi connectivity index (χ3n) is 3.89. The molecule has 0 saturated carbocycles. The predicted octanol–water partition coefficient (Wildman–Crippen LogP) is 2.61. The highest BCUT2D eigenvalue weighted by molar-refractivity contribution is 6.30. The maximum Gasteiger partial charge on any atom is 0.271 e. The SMILES string of the molecule is O=C(COc1ccc(Cl)cc1)NNCCCN1CCCCCC1. The molecular formula is C17H26ClN3O2. The molecule has 0 bridgehead atoms. The van der Waals surface area contributed by atoms with Crippen LogP contribution in [0.1, 0.15) is 32.1 Å². The second kappa shape index (κ2) is 10.5. The Labute approximate surface area is 143 Å². The van der Waals surface area contributed by atoms with E-state index in [4.69, 9.17) is 16.3 Å². The summed E-state index contributed by atoms with van der Waals surface area (Å²) in [5.74, 6) is 0.445. The molecule has 0 atom stereocenters. The molecule has 0 unspecified atom stereocenters. The fraction of sp³-hybridized carbons (Fsp3) is 0.588. The number of nitrogens with one attached hydrogen (secondary N) is 2. The van der Waals surface area contributed by atoms with E-state index in [2.05, 4.69) is 15.8 Å². The van der Waals surface area contributed by atoms with E-state index < -0.39 is 0 Å². The molecule has 1 aromatic rings. The fourth-order valence-corrected chi connectivity index (χ4v) is 2.75. The van der Waals surface area contributed by atoms with Crippen LogP contribution in [0, 0.1) is 0 Å². The van der Waals surface area contributed by atoms with E-state index in [-0.39, 0.29) is 12.5 Å². The van der Waals surface area contributed by atoms with Crippen molar-refractivity contribution in [3.05, 3.63) is 29.3 Å². The van der Waals surface area contributed by atoms with Crippen LogP contribution >= 0.6 is 11.6 Å². The second-order valence-electron chi connectivity index (χ2n) is 5.83. The lowest BCUT2D eigenvalue weighted by Gasteiger charge is -2.19. The number of hydrogen-bond donors (Lipinski definition) is 2. The Morgan fingerprint density at radius 1 is 1.13 bits per heavy atom. The number of ether oxygens (including phenoxy) is 1. The molecule has 0 aliphatic carbocycles. The molecule has 0 spiro atoms. The van der Waals surface area contributed by atoms with Crippen LogP contribution in [0.25, 0.3) is 0 Å². The van der Waals surface area contributed by atoms with Gasteiger partial charge in [-0.15, -0.1) is 0 Å². The summed E-state index contributed by atoms with van der Waals surface area (Å²) in [7, 11) is 0. The standard InChI is InChI=1S/C17H26ClN3O2/c18-15-6-8-16(9-7-15)23-14-17(22)20-19-10-5-13-21-11-3-1-2-4-12-21/h6-9,19H,1-5,10-14H2,(H,20,22). The van der Waals surface area contributed by atoms with Gasteiger partial charge in [-0.05, 0) is 63.2 Å². The Kier molecular flexibility index (Phi) is 8.21. The van der Waals surface area contributed by atoms with Gasteiger partial charge in [0.2, 0.25) is 0 Å². The number of carbonyl (C=O) groups excluding carboxylic acids is 1. The van der Waals surface area contributed by atoms with Crippen LogP contribution in [0.3, 0.4) is 0 Å². The van der Waals surface area contributed by atoms with Crippen molar-refractivity contribution in [3.8, 4) is 5.75 Å². The van der Waals surface area contributed by atoms with Gasteiger partial charge in [0, 0.05) is 11.6 Å². The summed E-state index contributed by atoms with van der Waals surface area (Å²) in [4.78, 5) is 14.2. The lowest BCUT2D eigenvalue weighted by atomic mass is 10.2. The van der Waals surface area contributed by atoms with Crippen molar-refractivity contribution in [2.45, 2.75) is 32.1 Å². The molecule has 6 heteroatoms. The van der Waals surface area contributed by atoms with Crippen molar-refractivity contribution in [2.75, 3.05) is 32.8 Å². The number of likely N-dealkylation sites (tertiary alicyclic amines) is 1. The highest BCUT2D eigenvalue weighted by Crippen LogP contribution is 2.15. The van der Waals surface area contributed by atoms with E-state index in [0.717, 1.165) is 19.5 Å². The summed E-state index contributed by atoms with van der Waals surface area (Å²) in [5, 5.41) is 0.646. The number of amides is 1. The van der Waals surface area contributed by atoms with Crippen LogP contribution < -0.4 is 15.6 Å². The van der Waals surface area contributed by atoms with Crippen molar-refractivity contribution >= 4 is 17.5 Å². The topological polar surface area (TPSA) is 53.6 Å². The molecule has 5 nitrogen and oxygen atoms in total. The summed E-state index contributed by atoms with van der Waals surface area (Å²) in [6, 6.07) is 6.94. The molecule has 0 aromatic heterocycles. The Morgan fingerprint density at radius 3 is 2.52 bits per heavy atom. The van der Waals surface area contributed by atoms with Crippen molar-refractivity contribution < 1.29 is 9.53 Å². The lowest BCUT2D eigenvalue weighted by Crippen LogP contribution is -2.41. The first-order chi connectivity index (χ1) is 11.2. The quantitative estimate of drug-likeness (QED) is 0.564. The van der Waals surface area contributed by atoms with Gasteiger partial charge in [0.05, 0.1) is 0 Å². The average Bonchev–Trinajstić information content (AvgIpc) is 2.83. The molecule has 0 radical (unpaired) electrons. The number of rotatable bonds is 8. The number of nitrogens with zero attached hydrogens (tertiary/aromatic N) is 1. The van der Waals surface area contributed by atoms with Gasteiger partial charge in [-0.2, -0.15) is 0 Å². The Balaban J connectivity index is 1.50. The maximum atomic E-state index is 11.7. The van der Waals surface area contributed by atoms with Crippen LogP contribution in [0.5, 0.6) is 5.75 Å². The average molecular weight is 340 g/mol. The molecule has 1 amide bonds. The van der Waals surface area contributed by atoms with Gasteiger partial charge in [0.15, 0.2) is 6.61 Å². The summed E-state index contributed by atoms with van der Waals surface area (Å²) in [6.07, 6.45) is 6.37. The van der Waals surface area contributed by atoms with E-state index in [0.29, 0.717) is 10.8 Å². The molecule has 1 aliphatic rings. The minimum atomic E-state index is -0.185. The lowest BCUT2D eigenvalue weighted by molar-refractivity contribution is -0.124. The largest absolute Gasteiger partial charge is 0.484 e. The van der Waals surface area contributed by atoms with Crippen LogP contribution in [0.2, 0.25) is 5.02 Å². The summed E-state index contributed by atoms with van der Waals surface area (Å²) < 4.78 is 5.37. The van der Waals surface area contributed by atoms with Gasteiger partial charge < -0.3 is 9.64 Å². The zero-order chi connectivity index (χ0) is 16.3. The smallest absolute Gasteiger partial charge is 0.271 e. The minimum Gasteiger partial charge on any atom is -0.484 e. The van der Waals surface area contributed by atoms with E-state index in [1.807, 2.05) is 0 Å². The zero-order valence-corrected chi connectivity index (χ0v) is 14.3. The first-order valence-corrected chi connectivity index (χ1v) is 8.74. The zero-order valence-electron chi connectivity index (χ0n) is 13.5. The highest BCUT2D eigenvalue weighted by Gasteiger charge is 2.08. The minimum absolute atomic E-state index is 0.0131. The summed E-state index contributed by atoms with van der Waals surface area (Å²) >= 11 is 5.79. The molecule has 1 aromatic carbocycles. The predicted molar refractivity (Wildman–Crippen MR) is 92.6 cm³/mol. The van der Waals surface area contributed by atoms with Gasteiger partial charge >= 0.3 is 0 Å². The van der Waals surface area contributed by atoms with Crippen molar-refractivity contribution in [1.82, 2.24) is 15.8 Å². The first kappa shape index (κ1) is 18.0. The van der Waals surface area contributed by atoms with Crippen molar-refractivity contribution in [2.24, 2.45) is 0 Å². The van der Waals surface area contributed by atoms with Gasteiger partial charge in [-0.1, -0.05) is 24.4 Å². The van der Waals surface area contributed by atoms with E-state index in [1.54, 1.807) is 24.3 Å². The molecule has 1 saturated heterocycles. The van der Waals surface area contributed by atoms with Crippen molar-refractivity contribution in [3.63, 3.8) is 0 Å². The van der Waals surface area contributed by atoms with Gasteiger partial charge in [0.25, 0.3) is 5.91 Å². The highest BCUT2D eigenvalue weighted by atomic mass is 35.5. The normalized spacial score (nSPS) is 15.9. The molecule has 1 heterocycles. The Morgan fingerprint density at radius 2 is 1.83 bits per heavy atom. The first-order valence-electron chi connectivity index (χ1n) is 8.36. The van der Waals surface area contributed by atoms with Crippen molar-refractivity contribution in [1.29, 1.82) is 0 Å². The number of hydrazine groups is 1. The molecule has 23 heavy (non-hydrogen) atoms. The summed E-state index contributed by atoms with van der Waals surface area (Å²) in [5.41, 5.74) is 5.61. The maximum absolute atomic E-state index is 11.7. The Hall–Kier alpha value is -1.30. The Bertz CT molecular complexity index is 459. The number of benzene rings is 1. The van der Waals surface area contributed by atoms with Gasteiger partial charge in [-0.3, -0.25) is 10.2 Å². The number of halogens is 1. The molecule has 2 rings (SSSR count). The number of carbonyl (C=O) groups is 1. The second-order valence-corrected chi connectivity index (χ2v) is 6.26. The molecule has 1 aliphatic heterocycles. The van der Waals surface area contributed by atoms with Crippen LogP contribution in [0.4, 0.5) is 0 Å². The monoisotopic (exact) mass is 339 g/mol. The molecule has 2 N–H and O–H groups in total. The van der Waals surface area contributed by atoms with Gasteiger partial charge in [-0.25, -0.2) is 5.43 Å². The summed E-state index contributed by atoms with van der Waals surface area (Å²) in [6.45, 7) is 4.26. The van der Waals surface area contributed by atoms with Gasteiger partial charge in [0.1, 0.15) is 5.75 Å². The van der Waals surface area contributed by atoms with Crippen LogP contribution in [0.15, 0.2) is 24.3 Å². The third-order valence-corrected chi connectivity index (χ3v) is 4.14. The van der Waals surface area contributed by atoms with E-state index >= 15 is 0 Å².